The lowest BCUT2D eigenvalue weighted by molar-refractivity contribution is -0.384. The first-order valence-corrected chi connectivity index (χ1v) is 7.39. The lowest BCUT2D eigenvalue weighted by Crippen LogP contribution is -2.21. The Morgan fingerprint density at radius 2 is 1.86 bits per heavy atom. The Labute approximate surface area is 136 Å². The van der Waals surface area contributed by atoms with Gasteiger partial charge in [0.25, 0.3) is 5.69 Å². The van der Waals surface area contributed by atoms with Crippen molar-refractivity contribution in [3.05, 3.63) is 67.7 Å². The Bertz CT molecular complexity index is 728. The van der Waals surface area contributed by atoms with Gasteiger partial charge in [0.2, 0.25) is 0 Å². The van der Waals surface area contributed by atoms with Gasteiger partial charge in [0.15, 0.2) is 0 Å². The summed E-state index contributed by atoms with van der Waals surface area (Å²) >= 11 is 12.2. The number of nitro groups is 1. The highest BCUT2D eigenvalue weighted by atomic mass is 35.5. The molecular weight excluding hydrogens is 327 g/mol. The van der Waals surface area contributed by atoms with Crippen LogP contribution < -0.4 is 5.32 Å². The Hall–Kier alpha value is -1.82. The van der Waals surface area contributed by atoms with E-state index in [4.69, 9.17) is 23.2 Å². The molecule has 5 nitrogen and oxygen atoms in total. The van der Waals surface area contributed by atoms with E-state index < -0.39 is 11.0 Å². The molecule has 0 fully saturated rings. The summed E-state index contributed by atoms with van der Waals surface area (Å²) < 4.78 is 0. The molecule has 114 valence electrons. The number of fused-ring (bicyclic) bond motifs is 1. The third-order valence-corrected chi connectivity index (χ3v) is 4.34. The first-order valence-electron chi connectivity index (χ1n) is 6.63. The van der Waals surface area contributed by atoms with Crippen molar-refractivity contribution in [1.82, 2.24) is 0 Å². The topological polar surface area (TPSA) is 75.4 Å². The quantitative estimate of drug-likeness (QED) is 0.655. The summed E-state index contributed by atoms with van der Waals surface area (Å²) in [6, 6.07) is 9.82. The Balaban J connectivity index is 1.96. The first kappa shape index (κ1) is 15.1. The van der Waals surface area contributed by atoms with Crippen molar-refractivity contribution in [2.45, 2.75) is 18.6 Å². The van der Waals surface area contributed by atoms with Crippen LogP contribution in [0.1, 0.15) is 17.2 Å². The number of non-ortho nitro benzene ring substituents is 1. The van der Waals surface area contributed by atoms with Gasteiger partial charge in [-0.25, -0.2) is 0 Å². The van der Waals surface area contributed by atoms with E-state index in [0.29, 0.717) is 12.1 Å². The van der Waals surface area contributed by atoms with E-state index in [9.17, 15) is 15.2 Å². The van der Waals surface area contributed by atoms with E-state index in [0.717, 1.165) is 11.1 Å². The van der Waals surface area contributed by atoms with Crippen LogP contribution in [0.3, 0.4) is 0 Å². The molecule has 0 heterocycles. The molecule has 2 aromatic rings. The van der Waals surface area contributed by atoms with Crippen LogP contribution in [0.15, 0.2) is 36.4 Å². The average molecular weight is 339 g/mol. The van der Waals surface area contributed by atoms with E-state index in [1.54, 1.807) is 0 Å². The number of nitrogens with one attached hydrogen (secondary N) is 1. The lowest BCUT2D eigenvalue weighted by atomic mass is 10.1. The number of anilines is 1. The Morgan fingerprint density at radius 3 is 2.50 bits per heavy atom. The number of halogens is 2. The van der Waals surface area contributed by atoms with Gasteiger partial charge >= 0.3 is 0 Å². The van der Waals surface area contributed by atoms with Crippen LogP contribution in [-0.2, 0) is 6.42 Å². The number of hydrogen-bond donors (Lipinski definition) is 2. The first-order chi connectivity index (χ1) is 10.5. The minimum atomic E-state index is -0.611. The maximum atomic E-state index is 10.8. The summed E-state index contributed by atoms with van der Waals surface area (Å²) in [7, 11) is 0. The van der Waals surface area contributed by atoms with Crippen molar-refractivity contribution in [2.75, 3.05) is 5.32 Å². The number of nitro benzene ring substituents is 1. The van der Waals surface area contributed by atoms with Gasteiger partial charge in [0.1, 0.15) is 0 Å². The standard InChI is InChI=1S/C15H12Cl2N2O3/c16-11-6-9(19(21)22)7-12(17)15(11)18-14-10-4-2-1-3-8(10)5-13(14)20/h1-4,6-7,13-14,18,20H,5H2/t13-,14+/m0/s1. The van der Waals surface area contributed by atoms with E-state index >= 15 is 0 Å². The number of aliphatic hydroxyl groups is 1. The summed E-state index contributed by atoms with van der Waals surface area (Å²) in [4.78, 5) is 10.3. The second-order valence-electron chi connectivity index (χ2n) is 5.13. The fourth-order valence-electron chi connectivity index (χ4n) is 2.71. The third kappa shape index (κ3) is 2.63. The molecule has 0 unspecified atom stereocenters. The lowest BCUT2D eigenvalue weighted by Gasteiger charge is -2.21. The maximum absolute atomic E-state index is 10.8. The van der Waals surface area contributed by atoms with Crippen LogP contribution in [0.2, 0.25) is 10.0 Å². The zero-order valence-electron chi connectivity index (χ0n) is 11.3. The molecule has 7 heteroatoms. The second-order valence-corrected chi connectivity index (χ2v) is 5.95. The number of nitrogens with zero attached hydrogens (tertiary/aromatic N) is 1. The van der Waals surface area contributed by atoms with Gasteiger partial charge < -0.3 is 10.4 Å². The molecule has 0 radical (unpaired) electrons. The predicted molar refractivity (Wildman–Crippen MR) is 85.6 cm³/mol. The van der Waals surface area contributed by atoms with Crippen molar-refractivity contribution in [1.29, 1.82) is 0 Å². The van der Waals surface area contributed by atoms with E-state index in [1.807, 2.05) is 24.3 Å². The molecule has 2 aromatic carbocycles. The fraction of sp³-hybridized carbons (Fsp3) is 0.200. The Morgan fingerprint density at radius 1 is 1.23 bits per heavy atom. The molecule has 0 amide bonds. The fourth-order valence-corrected chi connectivity index (χ4v) is 3.29. The molecule has 0 saturated carbocycles. The average Bonchev–Trinajstić information content (AvgIpc) is 2.78. The molecule has 0 saturated heterocycles. The molecular formula is C15H12Cl2N2O3. The van der Waals surface area contributed by atoms with Gasteiger partial charge in [0, 0.05) is 18.6 Å². The summed E-state index contributed by atoms with van der Waals surface area (Å²) in [5, 5.41) is 24.5. The summed E-state index contributed by atoms with van der Waals surface area (Å²) in [6.07, 6.45) is -0.0736. The Kier molecular flexibility index (Phi) is 3.95. The summed E-state index contributed by atoms with van der Waals surface area (Å²) in [5.74, 6) is 0. The molecule has 3 rings (SSSR count). The van der Waals surface area contributed by atoms with Crippen molar-refractivity contribution in [2.24, 2.45) is 0 Å². The highest BCUT2D eigenvalue weighted by molar-refractivity contribution is 6.39. The van der Waals surface area contributed by atoms with Gasteiger partial charge in [0.05, 0.1) is 32.8 Å². The highest BCUT2D eigenvalue weighted by Crippen LogP contribution is 2.40. The smallest absolute Gasteiger partial charge is 0.272 e. The van der Waals surface area contributed by atoms with Gasteiger partial charge in [-0.1, -0.05) is 47.5 Å². The van der Waals surface area contributed by atoms with Crippen LogP contribution in [0, 0.1) is 10.1 Å². The molecule has 0 spiro atoms. The van der Waals surface area contributed by atoms with Crippen LogP contribution in [0.4, 0.5) is 11.4 Å². The minimum absolute atomic E-state index is 0.149. The minimum Gasteiger partial charge on any atom is -0.390 e. The molecule has 2 N–H and O–H groups in total. The van der Waals surface area contributed by atoms with Gasteiger partial charge in [-0.2, -0.15) is 0 Å². The second kappa shape index (κ2) is 5.76. The van der Waals surface area contributed by atoms with Crippen LogP contribution >= 0.6 is 23.2 Å². The van der Waals surface area contributed by atoms with Crippen LogP contribution in [0.25, 0.3) is 0 Å². The molecule has 22 heavy (non-hydrogen) atoms. The molecule has 0 bridgehead atoms. The largest absolute Gasteiger partial charge is 0.390 e. The van der Waals surface area contributed by atoms with E-state index in [2.05, 4.69) is 5.32 Å². The molecule has 1 aliphatic rings. The van der Waals surface area contributed by atoms with E-state index in [1.165, 1.54) is 12.1 Å². The van der Waals surface area contributed by atoms with Gasteiger partial charge in [-0.15, -0.1) is 0 Å². The number of hydrogen-bond acceptors (Lipinski definition) is 4. The zero-order valence-corrected chi connectivity index (χ0v) is 12.8. The predicted octanol–water partition coefficient (Wildman–Crippen LogP) is 3.97. The summed E-state index contributed by atoms with van der Waals surface area (Å²) in [6.45, 7) is 0. The van der Waals surface area contributed by atoms with Crippen molar-refractivity contribution in [3.8, 4) is 0 Å². The van der Waals surface area contributed by atoms with Gasteiger partial charge in [-0.3, -0.25) is 10.1 Å². The molecule has 0 aliphatic heterocycles. The molecule has 2 atom stereocenters. The number of aliphatic hydroxyl groups excluding tert-OH is 1. The van der Waals surface area contributed by atoms with Crippen molar-refractivity contribution < 1.29 is 10.0 Å². The van der Waals surface area contributed by atoms with Crippen molar-refractivity contribution in [3.63, 3.8) is 0 Å². The normalized spacial score (nSPS) is 19.8. The van der Waals surface area contributed by atoms with Crippen LogP contribution in [0.5, 0.6) is 0 Å². The van der Waals surface area contributed by atoms with E-state index in [-0.39, 0.29) is 21.8 Å². The third-order valence-electron chi connectivity index (χ3n) is 3.74. The van der Waals surface area contributed by atoms with Crippen molar-refractivity contribution >= 4 is 34.6 Å². The molecule has 1 aliphatic carbocycles. The zero-order chi connectivity index (χ0) is 15.9. The molecule has 0 aromatic heterocycles. The number of rotatable bonds is 3. The summed E-state index contributed by atoms with van der Waals surface area (Å²) in [5.41, 5.74) is 2.24. The van der Waals surface area contributed by atoms with Crippen LogP contribution in [-0.4, -0.2) is 16.1 Å². The maximum Gasteiger partial charge on any atom is 0.272 e. The SMILES string of the molecule is O=[N+]([O-])c1cc(Cl)c(N[C@@H]2c3ccccc3C[C@@H]2O)c(Cl)c1. The van der Waals surface area contributed by atoms with Gasteiger partial charge in [-0.05, 0) is 11.1 Å². The number of benzene rings is 2. The monoisotopic (exact) mass is 338 g/mol. The highest BCUT2D eigenvalue weighted by Gasteiger charge is 2.31.